The predicted octanol–water partition coefficient (Wildman–Crippen LogP) is 5.14. The lowest BCUT2D eigenvalue weighted by atomic mass is 9.92. The standard InChI is InChI=1S/C28H33F2N7O3/c1-18-6-2-3-15-37(18)27(39)19-7-4-13-36(14-5-8-19)24-12-10-21(17-31-24)32-25(38)26-34-35-28(40-26)33-20-9-11-22(29)23(30)16-20/h9-12,16-19H,2-8,13-15H2,1H3,(H,32,38)(H,33,35). The summed E-state index contributed by atoms with van der Waals surface area (Å²) in [5, 5.41) is 12.7. The molecule has 1 atom stereocenters. The Balaban J connectivity index is 1.12. The van der Waals surface area contributed by atoms with Crippen LogP contribution in [0.4, 0.5) is 32.0 Å². The van der Waals surface area contributed by atoms with Crippen LogP contribution >= 0.6 is 0 Å². The number of carbonyl (C=O) groups is 2. The molecule has 0 saturated carbocycles. The number of piperidine rings is 1. The van der Waals surface area contributed by atoms with Crippen molar-refractivity contribution in [2.75, 3.05) is 35.2 Å². The highest BCUT2D eigenvalue weighted by atomic mass is 19.2. The van der Waals surface area contributed by atoms with Crippen molar-refractivity contribution in [3.63, 3.8) is 0 Å². The quantitative estimate of drug-likeness (QED) is 0.431. The minimum atomic E-state index is -1.03. The van der Waals surface area contributed by atoms with Crippen LogP contribution < -0.4 is 15.5 Å². The van der Waals surface area contributed by atoms with E-state index >= 15 is 0 Å². The summed E-state index contributed by atoms with van der Waals surface area (Å²) in [6.07, 6.45) is 8.55. The summed E-state index contributed by atoms with van der Waals surface area (Å²) >= 11 is 0. The fraction of sp³-hybridized carbons (Fsp3) is 0.464. The smallest absolute Gasteiger partial charge is 0.320 e. The molecule has 2 N–H and O–H groups in total. The molecule has 2 saturated heterocycles. The zero-order valence-electron chi connectivity index (χ0n) is 22.4. The first kappa shape index (κ1) is 27.5. The third kappa shape index (κ3) is 6.54. The Bertz CT molecular complexity index is 1320. The molecule has 40 heavy (non-hydrogen) atoms. The van der Waals surface area contributed by atoms with Gasteiger partial charge < -0.3 is 24.9 Å². The normalized spacial score (nSPS) is 18.6. The zero-order chi connectivity index (χ0) is 28.1. The van der Waals surface area contributed by atoms with Crippen molar-refractivity contribution in [3.05, 3.63) is 54.1 Å². The van der Waals surface area contributed by atoms with Gasteiger partial charge in [0.15, 0.2) is 11.6 Å². The van der Waals surface area contributed by atoms with Crippen molar-refractivity contribution in [1.82, 2.24) is 20.1 Å². The third-order valence-electron chi connectivity index (χ3n) is 7.52. The van der Waals surface area contributed by atoms with Gasteiger partial charge in [-0.15, -0.1) is 5.10 Å². The van der Waals surface area contributed by atoms with E-state index in [1.807, 2.05) is 6.07 Å². The molecule has 0 spiro atoms. The number of anilines is 4. The summed E-state index contributed by atoms with van der Waals surface area (Å²) in [4.78, 5) is 34.5. The third-order valence-corrected chi connectivity index (χ3v) is 7.52. The monoisotopic (exact) mass is 553 g/mol. The molecule has 10 nitrogen and oxygen atoms in total. The minimum Gasteiger partial charge on any atom is -0.399 e. The Labute approximate surface area is 231 Å². The number of halogens is 2. The van der Waals surface area contributed by atoms with Crippen LogP contribution in [0.3, 0.4) is 0 Å². The SMILES string of the molecule is CC1CCCCN1C(=O)C1CCCN(c2ccc(NC(=O)c3nnc(Nc4ccc(F)c(F)c4)o3)cn2)CCC1. The first-order valence-corrected chi connectivity index (χ1v) is 13.8. The largest absolute Gasteiger partial charge is 0.399 e. The summed E-state index contributed by atoms with van der Waals surface area (Å²) in [6, 6.07) is 7.00. The van der Waals surface area contributed by atoms with E-state index in [4.69, 9.17) is 4.42 Å². The van der Waals surface area contributed by atoms with Crippen molar-refractivity contribution in [1.29, 1.82) is 0 Å². The van der Waals surface area contributed by atoms with Gasteiger partial charge in [-0.05, 0) is 76.1 Å². The maximum absolute atomic E-state index is 13.4. The molecule has 2 aliphatic heterocycles. The van der Waals surface area contributed by atoms with Gasteiger partial charge in [0.25, 0.3) is 0 Å². The number of carbonyl (C=O) groups excluding carboxylic acids is 2. The van der Waals surface area contributed by atoms with Crippen LogP contribution in [0.2, 0.25) is 0 Å². The van der Waals surface area contributed by atoms with E-state index in [-0.39, 0.29) is 23.5 Å². The Morgan fingerprint density at radius 2 is 1.70 bits per heavy atom. The van der Waals surface area contributed by atoms with E-state index in [9.17, 15) is 18.4 Å². The Morgan fingerprint density at radius 1 is 0.925 bits per heavy atom. The first-order valence-electron chi connectivity index (χ1n) is 13.8. The van der Waals surface area contributed by atoms with E-state index in [2.05, 4.69) is 42.5 Å². The summed E-state index contributed by atoms with van der Waals surface area (Å²) in [6.45, 7) is 4.67. The lowest BCUT2D eigenvalue weighted by Gasteiger charge is -2.37. The molecule has 0 bridgehead atoms. The van der Waals surface area contributed by atoms with Crippen LogP contribution in [0.25, 0.3) is 0 Å². The van der Waals surface area contributed by atoms with Crippen LogP contribution in [-0.2, 0) is 4.79 Å². The van der Waals surface area contributed by atoms with Gasteiger partial charge in [0, 0.05) is 43.3 Å². The van der Waals surface area contributed by atoms with Gasteiger partial charge in [0.1, 0.15) is 5.82 Å². The molecule has 4 heterocycles. The number of nitrogens with zero attached hydrogens (tertiary/aromatic N) is 5. The molecule has 0 aliphatic carbocycles. The number of aromatic nitrogens is 3. The second-order valence-corrected chi connectivity index (χ2v) is 10.4. The maximum Gasteiger partial charge on any atom is 0.320 e. The van der Waals surface area contributed by atoms with Crippen LogP contribution in [0.15, 0.2) is 40.9 Å². The second-order valence-electron chi connectivity index (χ2n) is 10.4. The molecular formula is C28H33F2N7O3. The molecule has 0 radical (unpaired) electrons. The lowest BCUT2D eigenvalue weighted by Crippen LogP contribution is -2.45. The van der Waals surface area contributed by atoms with E-state index in [1.54, 1.807) is 12.3 Å². The summed E-state index contributed by atoms with van der Waals surface area (Å²) in [7, 11) is 0. The molecule has 2 aromatic heterocycles. The number of hydrogen-bond acceptors (Lipinski definition) is 8. The van der Waals surface area contributed by atoms with Gasteiger partial charge in [-0.1, -0.05) is 5.10 Å². The van der Waals surface area contributed by atoms with Crippen LogP contribution in [0, 0.1) is 17.6 Å². The Kier molecular flexibility index (Phi) is 8.51. The Morgan fingerprint density at radius 3 is 2.40 bits per heavy atom. The van der Waals surface area contributed by atoms with Gasteiger partial charge in [0.2, 0.25) is 5.91 Å². The zero-order valence-corrected chi connectivity index (χ0v) is 22.4. The van der Waals surface area contributed by atoms with Gasteiger partial charge in [0.05, 0.1) is 11.9 Å². The average Bonchev–Trinajstić information content (AvgIpc) is 3.40. The molecule has 1 aromatic carbocycles. The number of amides is 2. The predicted molar refractivity (Wildman–Crippen MR) is 145 cm³/mol. The van der Waals surface area contributed by atoms with Crippen LogP contribution in [-0.4, -0.2) is 57.6 Å². The molecule has 212 valence electrons. The number of rotatable bonds is 6. The molecule has 2 amide bonds. The second kappa shape index (κ2) is 12.4. The number of nitrogens with one attached hydrogen (secondary N) is 2. The molecule has 5 rings (SSSR count). The molecule has 12 heteroatoms. The van der Waals surface area contributed by atoms with E-state index in [0.29, 0.717) is 17.6 Å². The van der Waals surface area contributed by atoms with Crippen molar-refractivity contribution < 1.29 is 22.8 Å². The van der Waals surface area contributed by atoms with Gasteiger partial charge in [-0.2, -0.15) is 0 Å². The lowest BCUT2D eigenvalue weighted by molar-refractivity contribution is -0.139. The summed E-state index contributed by atoms with van der Waals surface area (Å²) in [5.41, 5.74) is 0.646. The van der Waals surface area contributed by atoms with Crippen LogP contribution in [0.5, 0.6) is 0 Å². The summed E-state index contributed by atoms with van der Waals surface area (Å²) < 4.78 is 31.8. The number of hydrogen-bond donors (Lipinski definition) is 2. The summed E-state index contributed by atoms with van der Waals surface area (Å²) in [5.74, 6) is -1.71. The molecule has 1 unspecified atom stereocenters. The van der Waals surface area contributed by atoms with Crippen LogP contribution in [0.1, 0.15) is 62.6 Å². The van der Waals surface area contributed by atoms with Crippen molar-refractivity contribution >= 4 is 35.0 Å². The van der Waals surface area contributed by atoms with E-state index in [1.165, 1.54) is 12.5 Å². The van der Waals surface area contributed by atoms with Crippen molar-refractivity contribution in [2.45, 2.75) is 57.9 Å². The fourth-order valence-electron chi connectivity index (χ4n) is 5.34. The average molecular weight is 554 g/mol. The molecule has 3 aromatic rings. The fourth-order valence-corrected chi connectivity index (χ4v) is 5.34. The maximum atomic E-state index is 13.4. The van der Waals surface area contributed by atoms with Gasteiger partial charge in [-0.25, -0.2) is 13.8 Å². The van der Waals surface area contributed by atoms with E-state index in [0.717, 1.165) is 76.1 Å². The topological polar surface area (TPSA) is 116 Å². The molecular weight excluding hydrogens is 520 g/mol. The van der Waals surface area contributed by atoms with Gasteiger partial charge in [-0.3, -0.25) is 9.59 Å². The minimum absolute atomic E-state index is 0.102. The first-order chi connectivity index (χ1) is 19.4. The van der Waals surface area contributed by atoms with Crippen molar-refractivity contribution in [2.24, 2.45) is 5.92 Å². The van der Waals surface area contributed by atoms with Crippen molar-refractivity contribution in [3.8, 4) is 0 Å². The number of likely N-dealkylation sites (tertiary alicyclic amines) is 1. The highest BCUT2D eigenvalue weighted by Crippen LogP contribution is 2.27. The number of pyridine rings is 1. The molecule has 2 aliphatic rings. The Hall–Kier alpha value is -4.09. The molecule has 2 fully saturated rings. The van der Waals surface area contributed by atoms with E-state index < -0.39 is 17.5 Å². The van der Waals surface area contributed by atoms with Gasteiger partial charge >= 0.3 is 17.8 Å². The highest BCUT2D eigenvalue weighted by Gasteiger charge is 2.30. The number of benzene rings is 1. The highest BCUT2D eigenvalue weighted by molar-refractivity contribution is 6.00.